The molecule has 1 saturated carbocycles. The molecular weight excluding hydrogens is 242 g/mol. The zero-order valence-corrected chi connectivity index (χ0v) is 12.1. The minimum atomic E-state index is -0.268. The summed E-state index contributed by atoms with van der Waals surface area (Å²) >= 11 is 0. The topological polar surface area (TPSA) is 0 Å². The summed E-state index contributed by atoms with van der Waals surface area (Å²) in [6, 6.07) is 0. The van der Waals surface area contributed by atoms with Crippen molar-refractivity contribution in [3.63, 3.8) is 0 Å². The van der Waals surface area contributed by atoms with Gasteiger partial charge in [0.1, 0.15) is 11.7 Å². The summed E-state index contributed by atoms with van der Waals surface area (Å²) in [5.74, 6) is 0.166. The first kappa shape index (κ1) is 14.7. The van der Waals surface area contributed by atoms with Crippen LogP contribution in [0.2, 0.25) is 0 Å². The van der Waals surface area contributed by atoms with Gasteiger partial charge in [0, 0.05) is 12.0 Å². The third-order valence-electron chi connectivity index (χ3n) is 4.68. The molecule has 0 aliphatic heterocycles. The number of hydrogen-bond donors (Lipinski definition) is 0. The van der Waals surface area contributed by atoms with E-state index in [1.165, 1.54) is 19.3 Å². The Morgan fingerprint density at radius 1 is 1.11 bits per heavy atom. The summed E-state index contributed by atoms with van der Waals surface area (Å²) in [6.45, 7) is 2.11. The largest absolute Gasteiger partial charge is 0.211 e. The van der Waals surface area contributed by atoms with Crippen molar-refractivity contribution in [2.45, 2.75) is 71.1 Å². The first-order valence-corrected chi connectivity index (χ1v) is 7.97. The van der Waals surface area contributed by atoms with E-state index < -0.39 is 0 Å². The lowest BCUT2D eigenvalue weighted by atomic mass is 9.76. The maximum Gasteiger partial charge on any atom is 0.125 e. The van der Waals surface area contributed by atoms with Gasteiger partial charge >= 0.3 is 0 Å². The van der Waals surface area contributed by atoms with Crippen LogP contribution in [-0.2, 0) is 0 Å². The molecule has 0 N–H and O–H groups in total. The van der Waals surface area contributed by atoms with E-state index in [1.807, 2.05) is 0 Å². The van der Waals surface area contributed by atoms with E-state index in [2.05, 4.69) is 6.92 Å². The predicted molar refractivity (Wildman–Crippen MR) is 76.1 cm³/mol. The molecule has 1 fully saturated rings. The van der Waals surface area contributed by atoms with Crippen LogP contribution in [0.15, 0.2) is 23.3 Å². The normalized spacial score (nSPS) is 25.6. The quantitative estimate of drug-likeness (QED) is 0.517. The van der Waals surface area contributed by atoms with Gasteiger partial charge in [-0.2, -0.15) is 0 Å². The van der Waals surface area contributed by atoms with E-state index in [-0.39, 0.29) is 17.6 Å². The van der Waals surface area contributed by atoms with Crippen LogP contribution in [0.3, 0.4) is 0 Å². The summed E-state index contributed by atoms with van der Waals surface area (Å²) in [4.78, 5) is 0. The number of halogens is 2. The highest BCUT2D eigenvalue weighted by Crippen LogP contribution is 2.41. The Balaban J connectivity index is 1.96. The second-order valence-corrected chi connectivity index (χ2v) is 6.12. The minimum Gasteiger partial charge on any atom is -0.211 e. The molecule has 0 radical (unpaired) electrons. The van der Waals surface area contributed by atoms with Crippen LogP contribution in [0.1, 0.15) is 71.1 Å². The highest BCUT2D eigenvalue weighted by molar-refractivity contribution is 5.33. The van der Waals surface area contributed by atoms with E-state index in [0.717, 1.165) is 32.1 Å². The lowest BCUT2D eigenvalue weighted by Crippen LogP contribution is -2.19. The third kappa shape index (κ3) is 3.90. The molecule has 1 unspecified atom stereocenters. The van der Waals surface area contributed by atoms with Gasteiger partial charge in [-0.25, -0.2) is 8.78 Å². The van der Waals surface area contributed by atoms with Gasteiger partial charge in [0.15, 0.2) is 0 Å². The fraction of sp³-hybridized carbons (Fsp3) is 0.765. The van der Waals surface area contributed by atoms with Crippen LogP contribution in [-0.4, -0.2) is 0 Å². The first-order chi connectivity index (χ1) is 9.22. The van der Waals surface area contributed by atoms with Crippen LogP contribution in [0.5, 0.6) is 0 Å². The monoisotopic (exact) mass is 268 g/mol. The van der Waals surface area contributed by atoms with Gasteiger partial charge in [-0.1, -0.05) is 39.0 Å². The molecule has 2 rings (SSSR count). The Morgan fingerprint density at radius 3 is 2.47 bits per heavy atom. The van der Waals surface area contributed by atoms with Crippen molar-refractivity contribution in [1.82, 2.24) is 0 Å². The second kappa shape index (κ2) is 7.21. The maximum absolute atomic E-state index is 14.1. The standard InChI is InChI=1S/C17H26F2/c1-2-3-5-10-15-16(18)11-14(12-17(15)19)13-8-6-4-7-9-13/h11,13-14H,2-10,12H2,1H3. The Hall–Kier alpha value is -0.660. The lowest BCUT2D eigenvalue weighted by Gasteiger charge is -2.30. The van der Waals surface area contributed by atoms with Gasteiger partial charge in [0.2, 0.25) is 0 Å². The average molecular weight is 268 g/mol. The molecule has 0 heterocycles. The van der Waals surface area contributed by atoms with E-state index in [1.54, 1.807) is 6.08 Å². The summed E-state index contributed by atoms with van der Waals surface area (Å²) < 4.78 is 28.2. The first-order valence-electron chi connectivity index (χ1n) is 7.97. The molecule has 0 bridgehead atoms. The Morgan fingerprint density at radius 2 is 1.84 bits per heavy atom. The van der Waals surface area contributed by atoms with Crippen LogP contribution in [0.25, 0.3) is 0 Å². The highest BCUT2D eigenvalue weighted by Gasteiger charge is 2.29. The average Bonchev–Trinajstić information content (AvgIpc) is 2.43. The molecule has 2 aliphatic carbocycles. The Labute approximate surface area is 116 Å². The van der Waals surface area contributed by atoms with Crippen molar-refractivity contribution in [3.05, 3.63) is 23.3 Å². The molecule has 19 heavy (non-hydrogen) atoms. The number of unbranched alkanes of at least 4 members (excludes halogenated alkanes) is 2. The highest BCUT2D eigenvalue weighted by atomic mass is 19.1. The molecule has 0 amide bonds. The van der Waals surface area contributed by atoms with E-state index >= 15 is 0 Å². The molecule has 0 spiro atoms. The summed E-state index contributed by atoms with van der Waals surface area (Å²) in [7, 11) is 0. The minimum absolute atomic E-state index is 0.107. The molecule has 0 aromatic heterocycles. The van der Waals surface area contributed by atoms with E-state index in [9.17, 15) is 8.78 Å². The van der Waals surface area contributed by atoms with Crippen molar-refractivity contribution in [2.75, 3.05) is 0 Å². The van der Waals surface area contributed by atoms with E-state index in [0.29, 0.717) is 24.3 Å². The smallest absolute Gasteiger partial charge is 0.125 e. The van der Waals surface area contributed by atoms with Crippen molar-refractivity contribution in [1.29, 1.82) is 0 Å². The predicted octanol–water partition coefficient (Wildman–Crippen LogP) is 6.24. The Kier molecular flexibility index (Phi) is 5.59. The van der Waals surface area contributed by atoms with Crippen LogP contribution in [0, 0.1) is 11.8 Å². The molecule has 2 aliphatic rings. The summed E-state index contributed by atoms with van der Waals surface area (Å²) in [5, 5.41) is 0. The van der Waals surface area contributed by atoms with Gasteiger partial charge in [-0.15, -0.1) is 0 Å². The summed E-state index contributed by atoms with van der Waals surface area (Å²) in [5.41, 5.74) is 0.362. The number of rotatable bonds is 5. The fourth-order valence-electron chi connectivity index (χ4n) is 3.48. The molecule has 2 heteroatoms. The van der Waals surface area contributed by atoms with Gasteiger partial charge in [0.05, 0.1) is 0 Å². The molecule has 0 saturated heterocycles. The second-order valence-electron chi connectivity index (χ2n) is 6.12. The Bertz CT molecular complexity index is 348. The van der Waals surface area contributed by atoms with E-state index in [4.69, 9.17) is 0 Å². The zero-order chi connectivity index (χ0) is 13.7. The van der Waals surface area contributed by atoms with Crippen LogP contribution >= 0.6 is 0 Å². The number of hydrogen-bond acceptors (Lipinski definition) is 0. The molecule has 108 valence electrons. The van der Waals surface area contributed by atoms with Crippen molar-refractivity contribution >= 4 is 0 Å². The van der Waals surface area contributed by atoms with Gasteiger partial charge in [-0.05, 0) is 43.6 Å². The van der Waals surface area contributed by atoms with Crippen molar-refractivity contribution < 1.29 is 8.78 Å². The molecule has 0 nitrogen and oxygen atoms in total. The van der Waals surface area contributed by atoms with Gasteiger partial charge in [0.25, 0.3) is 0 Å². The zero-order valence-electron chi connectivity index (χ0n) is 12.1. The van der Waals surface area contributed by atoms with Crippen LogP contribution in [0.4, 0.5) is 8.78 Å². The van der Waals surface area contributed by atoms with Crippen molar-refractivity contribution in [3.8, 4) is 0 Å². The SMILES string of the molecule is CCCCCC1=C(F)CC(C2CCCCC2)C=C1F. The molecule has 0 aromatic carbocycles. The third-order valence-corrected chi connectivity index (χ3v) is 4.68. The molecular formula is C17H26F2. The van der Waals surface area contributed by atoms with Gasteiger partial charge in [-0.3, -0.25) is 0 Å². The lowest BCUT2D eigenvalue weighted by molar-refractivity contribution is 0.267. The number of allylic oxidation sites excluding steroid dienone is 4. The molecule has 1 atom stereocenters. The fourth-order valence-corrected chi connectivity index (χ4v) is 3.48. The molecule has 0 aromatic rings. The van der Waals surface area contributed by atoms with Gasteiger partial charge < -0.3 is 0 Å². The van der Waals surface area contributed by atoms with Crippen molar-refractivity contribution in [2.24, 2.45) is 11.8 Å². The van der Waals surface area contributed by atoms with Crippen LogP contribution < -0.4 is 0 Å². The summed E-state index contributed by atoms with van der Waals surface area (Å²) in [6.07, 6.45) is 11.8. The maximum atomic E-state index is 14.1.